The van der Waals surface area contributed by atoms with Crippen molar-refractivity contribution in [3.63, 3.8) is 0 Å². The number of carbonyl (C=O) groups is 1. The molecule has 0 aromatic rings. The van der Waals surface area contributed by atoms with Crippen LogP contribution in [0.1, 0.15) is 25.7 Å². The summed E-state index contributed by atoms with van der Waals surface area (Å²) in [7, 11) is 0. The highest BCUT2D eigenvalue weighted by Crippen LogP contribution is 2.30. The molecular formula is C10H15N3O. The van der Waals surface area contributed by atoms with Crippen LogP contribution in [-0.4, -0.2) is 30.1 Å². The molecule has 2 fully saturated rings. The van der Waals surface area contributed by atoms with Gasteiger partial charge in [0.05, 0.1) is 12.0 Å². The molecule has 0 aromatic heterocycles. The SMILES string of the molecule is N#CC1CCCC1N1CCCNC1=O. The summed E-state index contributed by atoms with van der Waals surface area (Å²) in [5, 5.41) is 11.8. The molecule has 0 aromatic carbocycles. The summed E-state index contributed by atoms with van der Waals surface area (Å²) in [5.74, 6) is 0.0545. The summed E-state index contributed by atoms with van der Waals surface area (Å²) < 4.78 is 0. The second-order valence-corrected chi connectivity index (χ2v) is 4.01. The zero-order chi connectivity index (χ0) is 9.97. The quantitative estimate of drug-likeness (QED) is 0.677. The monoisotopic (exact) mass is 193 g/mol. The van der Waals surface area contributed by atoms with Crippen LogP contribution in [-0.2, 0) is 0 Å². The fourth-order valence-corrected chi connectivity index (χ4v) is 2.43. The molecule has 2 amide bonds. The van der Waals surface area contributed by atoms with Crippen LogP contribution in [0, 0.1) is 17.2 Å². The number of urea groups is 1. The van der Waals surface area contributed by atoms with Gasteiger partial charge in [-0.3, -0.25) is 0 Å². The maximum Gasteiger partial charge on any atom is 0.317 e. The van der Waals surface area contributed by atoms with Crippen molar-refractivity contribution in [3.05, 3.63) is 0 Å². The molecule has 2 rings (SSSR count). The molecule has 2 unspecified atom stereocenters. The van der Waals surface area contributed by atoms with Crippen LogP contribution < -0.4 is 5.32 Å². The van der Waals surface area contributed by atoms with Crippen molar-refractivity contribution in [2.75, 3.05) is 13.1 Å². The van der Waals surface area contributed by atoms with Crippen molar-refractivity contribution < 1.29 is 4.79 Å². The third-order valence-electron chi connectivity index (χ3n) is 3.16. The van der Waals surface area contributed by atoms with Crippen molar-refractivity contribution >= 4 is 6.03 Å². The molecule has 14 heavy (non-hydrogen) atoms. The fraction of sp³-hybridized carbons (Fsp3) is 0.800. The fourth-order valence-electron chi connectivity index (χ4n) is 2.43. The lowest BCUT2D eigenvalue weighted by Gasteiger charge is -2.34. The summed E-state index contributed by atoms with van der Waals surface area (Å²) >= 11 is 0. The number of hydrogen-bond acceptors (Lipinski definition) is 2. The molecule has 1 aliphatic carbocycles. The van der Waals surface area contributed by atoms with E-state index in [1.54, 1.807) is 0 Å². The minimum atomic E-state index is 0.0170. The Morgan fingerprint density at radius 1 is 1.43 bits per heavy atom. The molecule has 1 saturated carbocycles. The molecular weight excluding hydrogens is 178 g/mol. The maximum absolute atomic E-state index is 11.5. The van der Waals surface area contributed by atoms with Gasteiger partial charge < -0.3 is 10.2 Å². The summed E-state index contributed by atoms with van der Waals surface area (Å²) in [5.41, 5.74) is 0. The number of rotatable bonds is 1. The molecule has 1 saturated heterocycles. The molecule has 1 heterocycles. The van der Waals surface area contributed by atoms with E-state index in [-0.39, 0.29) is 18.0 Å². The summed E-state index contributed by atoms with van der Waals surface area (Å²) in [6.07, 6.45) is 4.02. The third-order valence-corrected chi connectivity index (χ3v) is 3.16. The normalized spacial score (nSPS) is 32.5. The predicted octanol–water partition coefficient (Wildman–Crippen LogP) is 1.09. The highest BCUT2D eigenvalue weighted by molar-refractivity contribution is 5.75. The van der Waals surface area contributed by atoms with Crippen molar-refractivity contribution in [2.45, 2.75) is 31.7 Å². The first kappa shape index (κ1) is 9.32. The molecule has 76 valence electrons. The lowest BCUT2D eigenvalue weighted by molar-refractivity contribution is 0.153. The Balaban J connectivity index is 2.06. The maximum atomic E-state index is 11.5. The Morgan fingerprint density at radius 2 is 2.29 bits per heavy atom. The molecule has 0 spiro atoms. The van der Waals surface area contributed by atoms with Crippen LogP contribution in [0.15, 0.2) is 0 Å². The molecule has 1 N–H and O–H groups in total. The van der Waals surface area contributed by atoms with E-state index in [2.05, 4.69) is 11.4 Å². The van der Waals surface area contributed by atoms with Crippen LogP contribution in [0.2, 0.25) is 0 Å². The smallest absolute Gasteiger partial charge is 0.317 e. The topological polar surface area (TPSA) is 56.1 Å². The Labute approximate surface area is 83.9 Å². The minimum Gasteiger partial charge on any atom is -0.338 e. The highest BCUT2D eigenvalue weighted by atomic mass is 16.2. The largest absolute Gasteiger partial charge is 0.338 e. The minimum absolute atomic E-state index is 0.0170. The molecule has 0 radical (unpaired) electrons. The zero-order valence-electron chi connectivity index (χ0n) is 8.20. The molecule has 4 heteroatoms. The van der Waals surface area contributed by atoms with Gasteiger partial charge in [-0.2, -0.15) is 5.26 Å². The van der Waals surface area contributed by atoms with Crippen LogP contribution in [0.25, 0.3) is 0 Å². The van der Waals surface area contributed by atoms with E-state index in [0.29, 0.717) is 0 Å². The van der Waals surface area contributed by atoms with Gasteiger partial charge in [0.1, 0.15) is 0 Å². The van der Waals surface area contributed by atoms with E-state index in [1.807, 2.05) is 4.90 Å². The lowest BCUT2D eigenvalue weighted by atomic mass is 10.0. The second kappa shape index (κ2) is 3.87. The standard InChI is InChI=1S/C10H15N3O/c11-7-8-3-1-4-9(8)13-6-2-5-12-10(13)14/h8-9H,1-6H2,(H,12,14). The summed E-state index contributed by atoms with van der Waals surface area (Å²) in [6.45, 7) is 1.59. The third kappa shape index (κ3) is 1.54. The van der Waals surface area contributed by atoms with Gasteiger partial charge in [0, 0.05) is 19.1 Å². The van der Waals surface area contributed by atoms with E-state index in [9.17, 15) is 4.79 Å². The van der Waals surface area contributed by atoms with Gasteiger partial charge in [-0.15, -0.1) is 0 Å². The number of nitrogens with zero attached hydrogens (tertiary/aromatic N) is 2. The Hall–Kier alpha value is -1.24. The zero-order valence-corrected chi connectivity index (χ0v) is 8.20. The van der Waals surface area contributed by atoms with Crippen LogP contribution in [0.4, 0.5) is 4.79 Å². The van der Waals surface area contributed by atoms with Crippen LogP contribution in [0.3, 0.4) is 0 Å². The van der Waals surface area contributed by atoms with Gasteiger partial charge in [0.2, 0.25) is 0 Å². The van der Waals surface area contributed by atoms with E-state index in [1.165, 1.54) is 0 Å². The van der Waals surface area contributed by atoms with Crippen molar-refractivity contribution in [1.82, 2.24) is 10.2 Å². The van der Waals surface area contributed by atoms with Gasteiger partial charge in [-0.25, -0.2) is 4.79 Å². The van der Waals surface area contributed by atoms with Crippen LogP contribution in [0.5, 0.6) is 0 Å². The van der Waals surface area contributed by atoms with Crippen molar-refractivity contribution in [1.29, 1.82) is 5.26 Å². The summed E-state index contributed by atoms with van der Waals surface area (Å²) in [4.78, 5) is 13.4. The Bertz CT molecular complexity index is 271. The van der Waals surface area contributed by atoms with Crippen LogP contribution >= 0.6 is 0 Å². The van der Waals surface area contributed by atoms with E-state index < -0.39 is 0 Å². The van der Waals surface area contributed by atoms with Gasteiger partial charge in [0.25, 0.3) is 0 Å². The van der Waals surface area contributed by atoms with Crippen molar-refractivity contribution in [3.8, 4) is 6.07 Å². The van der Waals surface area contributed by atoms with Gasteiger partial charge in [-0.1, -0.05) is 0 Å². The predicted molar refractivity (Wildman–Crippen MR) is 51.5 cm³/mol. The van der Waals surface area contributed by atoms with E-state index in [4.69, 9.17) is 5.26 Å². The first-order valence-corrected chi connectivity index (χ1v) is 5.27. The van der Waals surface area contributed by atoms with E-state index in [0.717, 1.165) is 38.8 Å². The van der Waals surface area contributed by atoms with Gasteiger partial charge in [-0.05, 0) is 25.7 Å². The second-order valence-electron chi connectivity index (χ2n) is 4.01. The molecule has 0 bridgehead atoms. The average molecular weight is 193 g/mol. The number of amides is 2. The highest BCUT2D eigenvalue weighted by Gasteiger charge is 2.35. The molecule has 4 nitrogen and oxygen atoms in total. The Morgan fingerprint density at radius 3 is 3.00 bits per heavy atom. The first-order chi connectivity index (χ1) is 6.83. The summed E-state index contributed by atoms with van der Waals surface area (Å²) in [6, 6.07) is 2.49. The average Bonchev–Trinajstić information content (AvgIpc) is 2.66. The van der Waals surface area contributed by atoms with Gasteiger partial charge >= 0.3 is 6.03 Å². The molecule has 1 aliphatic heterocycles. The molecule has 2 atom stereocenters. The number of hydrogen-bond donors (Lipinski definition) is 1. The van der Waals surface area contributed by atoms with E-state index >= 15 is 0 Å². The lowest BCUT2D eigenvalue weighted by Crippen LogP contribution is -2.52. The first-order valence-electron chi connectivity index (χ1n) is 5.27. The van der Waals surface area contributed by atoms with Crippen molar-refractivity contribution in [2.24, 2.45) is 5.92 Å². The Kier molecular flexibility index (Phi) is 2.58. The van der Waals surface area contributed by atoms with Gasteiger partial charge in [0.15, 0.2) is 0 Å². The number of nitriles is 1. The number of nitrogens with one attached hydrogen (secondary N) is 1. The molecule has 2 aliphatic rings. The number of carbonyl (C=O) groups excluding carboxylic acids is 1.